The first kappa shape index (κ1) is 10.4. The van der Waals surface area contributed by atoms with Crippen LogP contribution in [0, 0.1) is 0 Å². The van der Waals surface area contributed by atoms with E-state index in [1.54, 1.807) is 0 Å². The summed E-state index contributed by atoms with van der Waals surface area (Å²) in [7, 11) is 0. The first-order valence-corrected chi connectivity index (χ1v) is 4.19. The van der Waals surface area contributed by atoms with E-state index < -0.39 is 11.7 Å². The largest absolute Gasteiger partial charge is 0.418 e. The Bertz CT molecular complexity index is 504. The number of halogens is 3. The average molecular weight is 229 g/mol. The molecule has 0 bridgehead atoms. The summed E-state index contributed by atoms with van der Waals surface area (Å²) in [6.07, 6.45) is -3.26. The Balaban J connectivity index is 2.57. The van der Waals surface area contributed by atoms with Crippen molar-refractivity contribution in [3.05, 3.63) is 23.9 Å². The Hall–Kier alpha value is -2.12. The zero-order chi connectivity index (χ0) is 11.8. The van der Waals surface area contributed by atoms with E-state index in [1.807, 2.05) is 0 Å². The SMILES string of the molecule is Nc1n[nH]c(-c2ncccc2C(F)(F)F)n1. The van der Waals surface area contributed by atoms with E-state index in [2.05, 4.69) is 20.2 Å². The molecule has 0 spiro atoms. The maximum absolute atomic E-state index is 12.6. The summed E-state index contributed by atoms with van der Waals surface area (Å²) in [5.41, 5.74) is 4.01. The lowest BCUT2D eigenvalue weighted by atomic mass is 10.2. The van der Waals surface area contributed by atoms with E-state index in [0.29, 0.717) is 0 Å². The molecule has 0 atom stereocenters. The molecule has 2 aromatic rings. The first-order valence-electron chi connectivity index (χ1n) is 4.19. The van der Waals surface area contributed by atoms with Gasteiger partial charge >= 0.3 is 6.18 Å². The molecule has 0 aromatic carbocycles. The highest BCUT2D eigenvalue weighted by atomic mass is 19.4. The summed E-state index contributed by atoms with van der Waals surface area (Å²) in [6, 6.07) is 2.12. The Morgan fingerprint density at radius 2 is 2.06 bits per heavy atom. The van der Waals surface area contributed by atoms with Gasteiger partial charge in [0.15, 0.2) is 5.82 Å². The number of aromatic nitrogens is 4. The number of H-pyrrole nitrogens is 1. The second-order valence-electron chi connectivity index (χ2n) is 2.94. The van der Waals surface area contributed by atoms with Crippen LogP contribution >= 0.6 is 0 Å². The lowest BCUT2D eigenvalue weighted by Crippen LogP contribution is -2.08. The van der Waals surface area contributed by atoms with Crippen molar-refractivity contribution in [1.82, 2.24) is 20.2 Å². The molecule has 5 nitrogen and oxygen atoms in total. The van der Waals surface area contributed by atoms with Crippen molar-refractivity contribution in [2.45, 2.75) is 6.18 Å². The summed E-state index contributed by atoms with van der Waals surface area (Å²) in [4.78, 5) is 7.22. The van der Waals surface area contributed by atoms with Crippen LogP contribution in [-0.2, 0) is 6.18 Å². The molecule has 2 heterocycles. The van der Waals surface area contributed by atoms with Gasteiger partial charge in [0.05, 0.1) is 5.56 Å². The van der Waals surface area contributed by atoms with Crippen LogP contribution in [0.1, 0.15) is 5.56 Å². The third-order valence-corrected chi connectivity index (χ3v) is 1.84. The number of nitrogens with one attached hydrogen (secondary N) is 1. The normalized spacial score (nSPS) is 11.7. The summed E-state index contributed by atoms with van der Waals surface area (Å²) in [5.74, 6) is -0.237. The van der Waals surface area contributed by atoms with Crippen LogP contribution in [0.25, 0.3) is 11.5 Å². The van der Waals surface area contributed by atoms with Gasteiger partial charge in [-0.25, -0.2) is 0 Å². The van der Waals surface area contributed by atoms with E-state index in [0.717, 1.165) is 6.07 Å². The van der Waals surface area contributed by atoms with Crippen molar-refractivity contribution in [1.29, 1.82) is 0 Å². The zero-order valence-corrected chi connectivity index (χ0v) is 7.78. The summed E-state index contributed by atoms with van der Waals surface area (Å²) < 4.78 is 37.8. The second-order valence-corrected chi connectivity index (χ2v) is 2.94. The van der Waals surface area contributed by atoms with Gasteiger partial charge < -0.3 is 5.73 Å². The molecule has 2 rings (SSSR count). The van der Waals surface area contributed by atoms with E-state index >= 15 is 0 Å². The summed E-state index contributed by atoms with van der Waals surface area (Å²) >= 11 is 0. The van der Waals surface area contributed by atoms with Crippen LogP contribution in [0.2, 0.25) is 0 Å². The standard InChI is InChI=1S/C8H6F3N5/c9-8(10,11)4-2-1-3-13-5(4)6-14-7(12)16-15-6/h1-3H,(H3,12,14,15,16). The van der Waals surface area contributed by atoms with Crippen LogP contribution in [0.5, 0.6) is 0 Å². The minimum Gasteiger partial charge on any atom is -0.366 e. The number of alkyl halides is 3. The van der Waals surface area contributed by atoms with E-state index in [9.17, 15) is 13.2 Å². The fourth-order valence-corrected chi connectivity index (χ4v) is 1.20. The maximum atomic E-state index is 12.6. The molecule has 2 aromatic heterocycles. The van der Waals surface area contributed by atoms with Gasteiger partial charge in [0.25, 0.3) is 0 Å². The van der Waals surface area contributed by atoms with Crippen molar-refractivity contribution in [2.75, 3.05) is 5.73 Å². The molecular formula is C8H6F3N5. The van der Waals surface area contributed by atoms with E-state index in [4.69, 9.17) is 5.73 Å². The van der Waals surface area contributed by atoms with Crippen molar-refractivity contribution in [3.8, 4) is 11.5 Å². The Morgan fingerprint density at radius 1 is 1.31 bits per heavy atom. The molecule has 0 aliphatic carbocycles. The van der Waals surface area contributed by atoms with Crippen molar-refractivity contribution in [2.24, 2.45) is 0 Å². The van der Waals surface area contributed by atoms with Crippen molar-refractivity contribution < 1.29 is 13.2 Å². The molecule has 0 aliphatic rings. The Kier molecular flexibility index (Phi) is 2.26. The number of pyridine rings is 1. The predicted octanol–water partition coefficient (Wildman–Crippen LogP) is 1.47. The molecule has 0 saturated heterocycles. The van der Waals surface area contributed by atoms with Gasteiger partial charge in [0.2, 0.25) is 5.95 Å². The van der Waals surface area contributed by atoms with Gasteiger partial charge in [-0.05, 0) is 12.1 Å². The fourth-order valence-electron chi connectivity index (χ4n) is 1.20. The number of nitrogen functional groups attached to an aromatic ring is 1. The molecule has 0 amide bonds. The van der Waals surface area contributed by atoms with Crippen LogP contribution in [0.3, 0.4) is 0 Å². The van der Waals surface area contributed by atoms with Crippen LogP contribution < -0.4 is 5.73 Å². The van der Waals surface area contributed by atoms with Gasteiger partial charge in [0.1, 0.15) is 5.69 Å². The first-order chi connectivity index (χ1) is 7.48. The number of rotatable bonds is 1. The molecule has 16 heavy (non-hydrogen) atoms. The highest BCUT2D eigenvalue weighted by Crippen LogP contribution is 2.34. The Morgan fingerprint density at radius 3 is 2.62 bits per heavy atom. The second kappa shape index (κ2) is 3.47. The molecular weight excluding hydrogens is 223 g/mol. The number of nitrogens with zero attached hydrogens (tertiary/aromatic N) is 3. The van der Waals surface area contributed by atoms with Gasteiger partial charge in [-0.1, -0.05) is 0 Å². The van der Waals surface area contributed by atoms with Gasteiger partial charge in [0, 0.05) is 6.20 Å². The van der Waals surface area contributed by atoms with Crippen molar-refractivity contribution >= 4 is 5.95 Å². The highest BCUT2D eigenvalue weighted by Gasteiger charge is 2.35. The number of aromatic amines is 1. The number of hydrogen-bond acceptors (Lipinski definition) is 4. The average Bonchev–Trinajstić information content (AvgIpc) is 2.64. The molecule has 84 valence electrons. The van der Waals surface area contributed by atoms with Crippen molar-refractivity contribution in [3.63, 3.8) is 0 Å². The predicted molar refractivity (Wildman–Crippen MR) is 49.0 cm³/mol. The van der Waals surface area contributed by atoms with Gasteiger partial charge in [-0.2, -0.15) is 18.2 Å². The van der Waals surface area contributed by atoms with E-state index in [-0.39, 0.29) is 17.5 Å². The Labute approximate surface area is 87.5 Å². The third kappa shape index (κ3) is 1.81. The lowest BCUT2D eigenvalue weighted by molar-refractivity contribution is -0.137. The molecule has 0 fully saturated rings. The molecule has 8 heteroatoms. The topological polar surface area (TPSA) is 80.5 Å². The summed E-state index contributed by atoms with van der Waals surface area (Å²) in [5, 5.41) is 5.74. The minimum absolute atomic E-state index is 0.106. The quantitative estimate of drug-likeness (QED) is 0.775. The maximum Gasteiger partial charge on any atom is 0.418 e. The number of hydrogen-bond donors (Lipinski definition) is 2. The molecule has 0 radical (unpaired) electrons. The van der Waals surface area contributed by atoms with Gasteiger partial charge in [-0.15, -0.1) is 5.10 Å². The fraction of sp³-hybridized carbons (Fsp3) is 0.125. The molecule has 0 saturated carbocycles. The smallest absolute Gasteiger partial charge is 0.366 e. The number of nitrogens with two attached hydrogens (primary N) is 1. The molecule has 3 N–H and O–H groups in total. The lowest BCUT2D eigenvalue weighted by Gasteiger charge is -2.08. The minimum atomic E-state index is -4.49. The van der Waals surface area contributed by atoms with E-state index in [1.165, 1.54) is 12.3 Å². The van der Waals surface area contributed by atoms with Crippen LogP contribution in [-0.4, -0.2) is 20.2 Å². The number of anilines is 1. The zero-order valence-electron chi connectivity index (χ0n) is 7.78. The summed E-state index contributed by atoms with van der Waals surface area (Å²) in [6.45, 7) is 0. The van der Waals surface area contributed by atoms with Crippen LogP contribution in [0.4, 0.5) is 19.1 Å². The van der Waals surface area contributed by atoms with Crippen LogP contribution in [0.15, 0.2) is 18.3 Å². The highest BCUT2D eigenvalue weighted by molar-refractivity contribution is 5.56. The molecule has 0 aliphatic heterocycles. The molecule has 0 unspecified atom stereocenters. The monoisotopic (exact) mass is 229 g/mol. The third-order valence-electron chi connectivity index (χ3n) is 1.84. The van der Waals surface area contributed by atoms with Gasteiger partial charge in [-0.3, -0.25) is 10.1 Å².